The van der Waals surface area contributed by atoms with Crippen molar-refractivity contribution in [2.45, 2.75) is 18.8 Å². The molecule has 166 valence electrons. The summed E-state index contributed by atoms with van der Waals surface area (Å²) in [6.07, 6.45) is -0.204. The molecule has 4 rings (SSSR count). The second-order valence-electron chi connectivity index (χ2n) is 7.54. The number of carbonyl (C=O) groups excluding carboxylic acids is 2. The fourth-order valence-electron chi connectivity index (χ4n) is 3.96. The van der Waals surface area contributed by atoms with Gasteiger partial charge in [-0.05, 0) is 17.7 Å². The van der Waals surface area contributed by atoms with E-state index in [1.54, 1.807) is 0 Å². The molecule has 0 spiro atoms. The number of aliphatic hydroxyl groups excluding tert-OH is 2. The summed E-state index contributed by atoms with van der Waals surface area (Å²) >= 11 is 0. The van der Waals surface area contributed by atoms with E-state index in [1.807, 2.05) is 0 Å². The average molecular weight is 452 g/mol. The molecule has 1 aromatic carbocycles. The zero-order chi connectivity index (χ0) is 22.5. The lowest BCUT2D eigenvalue weighted by molar-refractivity contribution is -0.134. The van der Waals surface area contributed by atoms with E-state index in [0.29, 0.717) is 5.56 Å². The van der Waals surface area contributed by atoms with Crippen molar-refractivity contribution >= 4 is 21.8 Å². The maximum Gasteiger partial charge on any atom is 0.275 e. The minimum atomic E-state index is -3.57. The van der Waals surface area contributed by atoms with Gasteiger partial charge < -0.3 is 25.3 Å². The Morgan fingerprint density at radius 3 is 2.58 bits per heavy atom. The first kappa shape index (κ1) is 21.3. The van der Waals surface area contributed by atoms with Gasteiger partial charge in [-0.1, -0.05) is 12.1 Å². The Bertz CT molecular complexity index is 1100. The molecule has 1 aromatic rings. The van der Waals surface area contributed by atoms with Gasteiger partial charge in [-0.25, -0.2) is 12.8 Å². The number of benzene rings is 1. The third-order valence-corrected chi connectivity index (χ3v) is 6.79. The molecule has 3 heterocycles. The molecule has 2 amide bonds. The summed E-state index contributed by atoms with van der Waals surface area (Å²) in [5.74, 6) is -2.40. The van der Waals surface area contributed by atoms with Gasteiger partial charge in [0.15, 0.2) is 5.76 Å². The van der Waals surface area contributed by atoms with Crippen LogP contribution in [-0.4, -0.2) is 82.7 Å². The van der Waals surface area contributed by atoms with Crippen LogP contribution in [-0.2, 0) is 26.2 Å². The average Bonchev–Trinajstić information content (AvgIpc) is 3.14. The summed E-state index contributed by atoms with van der Waals surface area (Å²) in [4.78, 5) is 28.1. The van der Waals surface area contributed by atoms with Gasteiger partial charge in [-0.3, -0.25) is 9.59 Å². The molecule has 12 heteroatoms. The normalized spacial score (nSPS) is 24.1. The van der Waals surface area contributed by atoms with E-state index in [1.165, 1.54) is 44.6 Å². The molecule has 31 heavy (non-hydrogen) atoms. The van der Waals surface area contributed by atoms with Crippen LogP contribution in [0, 0.1) is 5.82 Å². The number of hydrogen-bond donors (Lipinski definition) is 3. The number of hydrogen-bond acceptors (Lipinski definition) is 7. The lowest BCUT2D eigenvalue weighted by Gasteiger charge is -2.42. The molecule has 2 fully saturated rings. The number of aliphatic hydroxyl groups is 2. The minimum absolute atomic E-state index is 0.000332. The van der Waals surface area contributed by atoms with Gasteiger partial charge in [-0.15, -0.1) is 0 Å². The van der Waals surface area contributed by atoms with Crippen molar-refractivity contribution in [2.24, 2.45) is 0 Å². The maximum atomic E-state index is 13.0. The topological polar surface area (TPSA) is 130 Å². The third kappa shape index (κ3) is 3.77. The molecule has 3 aliphatic rings. The predicted molar refractivity (Wildman–Crippen MR) is 106 cm³/mol. The monoisotopic (exact) mass is 452 g/mol. The summed E-state index contributed by atoms with van der Waals surface area (Å²) in [7, 11) is -3.57. The van der Waals surface area contributed by atoms with E-state index < -0.39 is 45.7 Å². The van der Waals surface area contributed by atoms with E-state index in [9.17, 15) is 32.6 Å². The van der Waals surface area contributed by atoms with Crippen molar-refractivity contribution < 1.29 is 32.6 Å². The highest BCUT2D eigenvalue weighted by Crippen LogP contribution is 2.33. The Morgan fingerprint density at radius 1 is 1.26 bits per heavy atom. The molecular formula is C19H21FN4O6S. The van der Waals surface area contributed by atoms with E-state index >= 15 is 0 Å². The molecule has 0 saturated carbocycles. The summed E-state index contributed by atoms with van der Waals surface area (Å²) in [6, 6.07) is 5.48. The van der Waals surface area contributed by atoms with Gasteiger partial charge in [-0.2, -0.15) is 4.31 Å². The molecule has 0 aromatic heterocycles. The first-order valence-electron chi connectivity index (χ1n) is 9.48. The molecule has 3 N–H and O–H groups in total. The molecule has 2 saturated heterocycles. The molecule has 2 unspecified atom stereocenters. The van der Waals surface area contributed by atoms with Gasteiger partial charge in [0.25, 0.3) is 11.8 Å². The van der Waals surface area contributed by atoms with Crippen LogP contribution in [0.4, 0.5) is 4.39 Å². The second-order valence-corrected chi connectivity index (χ2v) is 9.47. The SMILES string of the molecule is CS(=O)(=O)N1CCN2C(=O)C3=C(O)C(O)C(C(=O)NCc4ccc(F)cc4)=CN3CC21. The molecule has 0 aliphatic carbocycles. The summed E-state index contributed by atoms with van der Waals surface area (Å²) in [5.41, 5.74) is 0.238. The van der Waals surface area contributed by atoms with Crippen molar-refractivity contribution in [3.05, 3.63) is 58.9 Å². The molecule has 10 nitrogen and oxygen atoms in total. The Hall–Kier alpha value is -2.96. The van der Waals surface area contributed by atoms with E-state index in [-0.39, 0.29) is 37.4 Å². The number of nitrogens with one attached hydrogen (secondary N) is 1. The number of halogens is 1. The number of nitrogens with zero attached hydrogens (tertiary/aromatic N) is 3. The minimum Gasteiger partial charge on any atom is -0.507 e. The van der Waals surface area contributed by atoms with E-state index in [4.69, 9.17) is 0 Å². The Kier molecular flexibility index (Phi) is 5.23. The number of fused-ring (bicyclic) bond motifs is 2. The fourth-order valence-corrected chi connectivity index (χ4v) is 4.99. The van der Waals surface area contributed by atoms with Crippen molar-refractivity contribution in [1.29, 1.82) is 0 Å². The molecule has 2 atom stereocenters. The van der Waals surface area contributed by atoms with Crippen LogP contribution in [0.2, 0.25) is 0 Å². The van der Waals surface area contributed by atoms with Gasteiger partial charge in [0.2, 0.25) is 10.0 Å². The largest absolute Gasteiger partial charge is 0.507 e. The number of piperazine rings is 1. The fraction of sp³-hybridized carbons (Fsp3) is 0.368. The lowest BCUT2D eigenvalue weighted by atomic mass is 10.00. The second kappa shape index (κ2) is 7.62. The first-order valence-corrected chi connectivity index (χ1v) is 11.3. The number of rotatable bonds is 4. The van der Waals surface area contributed by atoms with Crippen molar-refractivity contribution in [1.82, 2.24) is 19.4 Å². The highest BCUT2D eigenvalue weighted by atomic mass is 32.2. The smallest absolute Gasteiger partial charge is 0.275 e. The van der Waals surface area contributed by atoms with Gasteiger partial charge in [0.05, 0.1) is 18.4 Å². The zero-order valence-corrected chi connectivity index (χ0v) is 17.3. The highest BCUT2D eigenvalue weighted by molar-refractivity contribution is 7.88. The Balaban J connectivity index is 1.56. The van der Waals surface area contributed by atoms with Crippen molar-refractivity contribution in [3.63, 3.8) is 0 Å². The Labute approximate surface area is 177 Å². The van der Waals surface area contributed by atoms with Crippen molar-refractivity contribution in [2.75, 3.05) is 25.9 Å². The molecular weight excluding hydrogens is 431 g/mol. The molecule has 0 radical (unpaired) electrons. The van der Waals surface area contributed by atoms with Crippen LogP contribution < -0.4 is 5.32 Å². The van der Waals surface area contributed by atoms with Crippen LogP contribution in [0.25, 0.3) is 0 Å². The van der Waals surface area contributed by atoms with Crippen molar-refractivity contribution in [3.8, 4) is 0 Å². The van der Waals surface area contributed by atoms with Crippen LogP contribution in [0.15, 0.2) is 47.5 Å². The van der Waals surface area contributed by atoms with Crippen LogP contribution in [0.3, 0.4) is 0 Å². The van der Waals surface area contributed by atoms with Crippen LogP contribution in [0.5, 0.6) is 0 Å². The highest BCUT2D eigenvalue weighted by Gasteiger charge is 2.49. The Morgan fingerprint density at radius 2 is 1.94 bits per heavy atom. The van der Waals surface area contributed by atoms with E-state index in [2.05, 4.69) is 5.32 Å². The summed E-state index contributed by atoms with van der Waals surface area (Å²) < 4.78 is 38.3. The van der Waals surface area contributed by atoms with E-state index in [0.717, 1.165) is 6.26 Å². The van der Waals surface area contributed by atoms with Crippen LogP contribution >= 0.6 is 0 Å². The maximum absolute atomic E-state index is 13.0. The van der Waals surface area contributed by atoms with Crippen LogP contribution in [0.1, 0.15) is 5.56 Å². The summed E-state index contributed by atoms with van der Waals surface area (Å²) in [6.45, 7) is 0.331. The van der Waals surface area contributed by atoms with Gasteiger partial charge in [0.1, 0.15) is 23.8 Å². The number of amides is 2. The van der Waals surface area contributed by atoms with Gasteiger partial charge >= 0.3 is 0 Å². The number of carbonyl (C=O) groups is 2. The third-order valence-electron chi connectivity index (χ3n) is 5.51. The molecule has 0 bridgehead atoms. The summed E-state index contributed by atoms with van der Waals surface area (Å²) in [5, 5.41) is 23.5. The number of sulfonamides is 1. The van der Waals surface area contributed by atoms with Gasteiger partial charge in [0, 0.05) is 25.8 Å². The lowest BCUT2D eigenvalue weighted by Crippen LogP contribution is -2.57. The first-order chi connectivity index (χ1) is 14.6. The quantitative estimate of drug-likeness (QED) is 0.546. The zero-order valence-electron chi connectivity index (χ0n) is 16.5. The standard InChI is InChI=1S/C19H21FN4O6S/c1-31(29,30)24-7-6-23-14(24)10-22-9-13(16(25)17(26)15(22)19(23)28)18(27)21-8-11-2-4-12(20)5-3-11/h2-5,9,14,16,25-26H,6-8,10H2,1H3,(H,21,27). The predicted octanol–water partition coefficient (Wildman–Crippen LogP) is -0.785. The molecule has 3 aliphatic heterocycles.